The van der Waals surface area contributed by atoms with Gasteiger partial charge in [0, 0.05) is 29.4 Å². The maximum Gasteiger partial charge on any atom is 0.251 e. The lowest BCUT2D eigenvalue weighted by Gasteiger charge is -2.10. The molecule has 118 valence electrons. The quantitative estimate of drug-likeness (QED) is 0.721. The van der Waals surface area contributed by atoms with Crippen LogP contribution in [0.5, 0.6) is 0 Å². The zero-order valence-electron chi connectivity index (χ0n) is 12.5. The Bertz CT molecular complexity index is 760. The molecule has 0 bridgehead atoms. The second-order valence-electron chi connectivity index (χ2n) is 5.28. The fraction of sp³-hybridized carbons (Fsp3) is 0.250. The Morgan fingerprint density at radius 3 is 3.09 bits per heavy atom. The Kier molecular flexibility index (Phi) is 4.29. The highest BCUT2D eigenvalue weighted by atomic mass is 16.2. The third-order valence-electron chi connectivity index (χ3n) is 3.62. The maximum atomic E-state index is 12.1. The van der Waals surface area contributed by atoms with Crippen LogP contribution in [0.1, 0.15) is 22.3 Å². The van der Waals surface area contributed by atoms with Gasteiger partial charge in [0.15, 0.2) is 0 Å². The number of amides is 2. The average molecular weight is 311 g/mol. The number of nitrogens with two attached hydrogens (primary N) is 1. The number of carbonyl (C=O) groups is 2. The van der Waals surface area contributed by atoms with E-state index in [2.05, 4.69) is 20.6 Å². The monoisotopic (exact) mass is 311 g/mol. The fourth-order valence-electron chi connectivity index (χ4n) is 2.50. The summed E-state index contributed by atoms with van der Waals surface area (Å²) in [5.74, 6) is -0.344. The predicted octanol–water partition coefficient (Wildman–Crippen LogP) is 0.717. The number of nitrogens with one attached hydrogen (secondary N) is 2. The zero-order valence-corrected chi connectivity index (χ0v) is 12.5. The number of fused-ring (bicyclic) bond motifs is 3. The molecule has 0 unspecified atom stereocenters. The van der Waals surface area contributed by atoms with Gasteiger partial charge in [0.1, 0.15) is 6.33 Å². The van der Waals surface area contributed by atoms with E-state index in [1.54, 1.807) is 24.4 Å². The number of benzene rings is 1. The first-order chi connectivity index (χ1) is 11.2. The number of hydrogen-bond donors (Lipinski definition) is 3. The lowest BCUT2D eigenvalue weighted by Crippen LogP contribution is -2.26. The molecule has 0 saturated carbocycles. The van der Waals surface area contributed by atoms with Crippen LogP contribution in [0, 0.1) is 0 Å². The maximum absolute atomic E-state index is 12.1. The molecular weight excluding hydrogens is 294 g/mol. The third kappa shape index (κ3) is 3.19. The minimum absolute atomic E-state index is 0.152. The summed E-state index contributed by atoms with van der Waals surface area (Å²) in [5, 5.41) is 5.62. The molecule has 0 atom stereocenters. The summed E-state index contributed by atoms with van der Waals surface area (Å²) in [6.45, 7) is 1.05. The molecule has 2 aromatic rings. The summed E-state index contributed by atoms with van der Waals surface area (Å²) in [7, 11) is 0. The largest absolute Gasteiger partial charge is 0.352 e. The topological polar surface area (TPSA) is 110 Å². The van der Waals surface area contributed by atoms with Gasteiger partial charge in [-0.15, -0.1) is 0 Å². The van der Waals surface area contributed by atoms with Crippen LogP contribution in [0.25, 0.3) is 11.3 Å². The molecule has 0 fully saturated rings. The molecule has 1 aromatic carbocycles. The van der Waals surface area contributed by atoms with E-state index < -0.39 is 0 Å². The molecule has 0 radical (unpaired) electrons. The summed E-state index contributed by atoms with van der Waals surface area (Å²) in [6.07, 6.45) is 4.02. The van der Waals surface area contributed by atoms with Crippen LogP contribution >= 0.6 is 0 Å². The van der Waals surface area contributed by atoms with Crippen LogP contribution in [0.15, 0.2) is 30.7 Å². The van der Waals surface area contributed by atoms with Crippen molar-refractivity contribution >= 4 is 17.5 Å². The standard InChI is InChI=1S/C16H17N5O2/c17-4-1-5-19-16(23)10-2-3-12-13(6-10)21-14(22)7-11-8-18-9-20-15(11)12/h2-3,6,8-9H,1,4-5,7,17H2,(H,19,23)(H,21,22). The molecule has 7 heteroatoms. The minimum Gasteiger partial charge on any atom is -0.352 e. The highest BCUT2D eigenvalue weighted by Gasteiger charge is 2.21. The minimum atomic E-state index is -0.192. The van der Waals surface area contributed by atoms with Crippen LogP contribution in [-0.4, -0.2) is 34.9 Å². The van der Waals surface area contributed by atoms with Crippen molar-refractivity contribution in [2.45, 2.75) is 12.8 Å². The van der Waals surface area contributed by atoms with Crippen molar-refractivity contribution < 1.29 is 9.59 Å². The zero-order chi connectivity index (χ0) is 16.2. The van der Waals surface area contributed by atoms with Gasteiger partial charge in [-0.05, 0) is 31.2 Å². The number of aromatic nitrogens is 2. The third-order valence-corrected chi connectivity index (χ3v) is 3.62. The summed E-state index contributed by atoms with van der Waals surface area (Å²) >= 11 is 0. The molecule has 2 heterocycles. The van der Waals surface area contributed by atoms with Crippen LogP contribution < -0.4 is 16.4 Å². The van der Waals surface area contributed by atoms with Crippen molar-refractivity contribution in [1.82, 2.24) is 15.3 Å². The van der Waals surface area contributed by atoms with Crippen molar-refractivity contribution in [3.63, 3.8) is 0 Å². The molecule has 23 heavy (non-hydrogen) atoms. The van der Waals surface area contributed by atoms with Gasteiger partial charge in [-0.25, -0.2) is 9.97 Å². The van der Waals surface area contributed by atoms with E-state index in [-0.39, 0.29) is 18.2 Å². The first-order valence-electron chi connectivity index (χ1n) is 7.40. The molecule has 1 aromatic heterocycles. The summed E-state index contributed by atoms with van der Waals surface area (Å²) in [6, 6.07) is 5.19. The number of hydrogen-bond acceptors (Lipinski definition) is 5. The number of rotatable bonds is 4. The highest BCUT2D eigenvalue weighted by molar-refractivity contribution is 6.03. The Morgan fingerprint density at radius 2 is 2.26 bits per heavy atom. The van der Waals surface area contributed by atoms with Crippen molar-refractivity contribution in [3.8, 4) is 11.3 Å². The van der Waals surface area contributed by atoms with Crippen LogP contribution in [-0.2, 0) is 11.2 Å². The smallest absolute Gasteiger partial charge is 0.251 e. The van der Waals surface area contributed by atoms with E-state index in [1.165, 1.54) is 6.33 Å². The highest BCUT2D eigenvalue weighted by Crippen LogP contribution is 2.32. The fourth-order valence-corrected chi connectivity index (χ4v) is 2.50. The summed E-state index contributed by atoms with van der Waals surface area (Å²) in [4.78, 5) is 32.4. The molecule has 1 aliphatic rings. The Labute approximate surface area is 133 Å². The SMILES string of the molecule is NCCCNC(=O)c1ccc2c(c1)NC(=O)Cc1cncnc1-2. The van der Waals surface area contributed by atoms with Gasteiger partial charge >= 0.3 is 0 Å². The number of nitrogens with zero attached hydrogens (tertiary/aromatic N) is 2. The second kappa shape index (κ2) is 6.53. The van der Waals surface area contributed by atoms with Crippen molar-refractivity contribution in [1.29, 1.82) is 0 Å². The van der Waals surface area contributed by atoms with Crippen molar-refractivity contribution in [3.05, 3.63) is 41.9 Å². The van der Waals surface area contributed by atoms with Crippen molar-refractivity contribution in [2.24, 2.45) is 5.73 Å². The van der Waals surface area contributed by atoms with Gasteiger partial charge < -0.3 is 16.4 Å². The van der Waals surface area contributed by atoms with Gasteiger partial charge in [0.25, 0.3) is 5.91 Å². The Morgan fingerprint density at radius 1 is 1.39 bits per heavy atom. The van der Waals surface area contributed by atoms with E-state index in [0.717, 1.165) is 17.5 Å². The van der Waals surface area contributed by atoms with E-state index in [4.69, 9.17) is 5.73 Å². The summed E-state index contributed by atoms with van der Waals surface area (Å²) < 4.78 is 0. The van der Waals surface area contributed by atoms with Gasteiger partial charge in [-0.3, -0.25) is 9.59 Å². The normalized spacial score (nSPS) is 12.7. The first kappa shape index (κ1) is 15.1. The van der Waals surface area contributed by atoms with Crippen LogP contribution in [0.4, 0.5) is 5.69 Å². The lowest BCUT2D eigenvalue weighted by atomic mass is 10.0. The number of carbonyl (C=O) groups excluding carboxylic acids is 2. The molecule has 7 nitrogen and oxygen atoms in total. The molecule has 4 N–H and O–H groups in total. The van der Waals surface area contributed by atoms with Gasteiger partial charge in [0.05, 0.1) is 17.8 Å². The van der Waals surface area contributed by atoms with Gasteiger partial charge in [-0.2, -0.15) is 0 Å². The predicted molar refractivity (Wildman–Crippen MR) is 85.8 cm³/mol. The number of anilines is 1. The van der Waals surface area contributed by atoms with E-state index >= 15 is 0 Å². The molecule has 2 amide bonds. The average Bonchev–Trinajstić information content (AvgIpc) is 2.69. The molecular formula is C16H17N5O2. The van der Waals surface area contributed by atoms with Crippen LogP contribution in [0.2, 0.25) is 0 Å². The van der Waals surface area contributed by atoms with Crippen LogP contribution in [0.3, 0.4) is 0 Å². The molecule has 0 saturated heterocycles. The van der Waals surface area contributed by atoms with Crippen molar-refractivity contribution in [2.75, 3.05) is 18.4 Å². The van der Waals surface area contributed by atoms with Gasteiger partial charge in [0.2, 0.25) is 5.91 Å². The first-order valence-corrected chi connectivity index (χ1v) is 7.40. The Hall–Kier alpha value is -2.80. The lowest BCUT2D eigenvalue weighted by molar-refractivity contribution is -0.115. The van der Waals surface area contributed by atoms with Gasteiger partial charge in [-0.1, -0.05) is 0 Å². The van der Waals surface area contributed by atoms with E-state index in [9.17, 15) is 9.59 Å². The molecule has 1 aliphatic heterocycles. The second-order valence-corrected chi connectivity index (χ2v) is 5.28. The molecule has 3 rings (SSSR count). The Balaban J connectivity index is 1.94. The summed E-state index contributed by atoms with van der Waals surface area (Å²) in [5.41, 5.74) is 8.74. The molecule has 0 spiro atoms. The molecule has 0 aliphatic carbocycles. The van der Waals surface area contributed by atoms with E-state index in [1.807, 2.05) is 0 Å². The van der Waals surface area contributed by atoms with E-state index in [0.29, 0.717) is 30.0 Å².